The highest BCUT2D eigenvalue weighted by Gasteiger charge is 2.29. The number of phenolic OH excluding ortho intramolecular Hbond substituents is 1. The SMILES string of the molecule is CCOC(=O)CN(CC(=O)OCCC=O)C(=O)[C@@H](CCC(=O)O)Nc1cc(=O)c2cccc(O)c2[nH]1. The molecule has 36 heavy (non-hydrogen) atoms. The molecule has 0 aliphatic rings. The summed E-state index contributed by atoms with van der Waals surface area (Å²) in [6.07, 6.45) is -0.233. The topological polar surface area (TPSA) is 192 Å². The standard InChI is InChI=1S/C23H27N3O10/c1-2-35-20(32)12-26(13-21(33)36-10-4-9-27)23(34)15(7-8-19(30)31)24-18-11-17(29)14-5-3-6-16(28)22(14)25-18/h3,5-6,9,11,15,28H,2,4,7-8,10,12-13H2,1H3,(H,30,31)(H2,24,25,29)/t15-/m1/s1. The molecule has 1 aromatic heterocycles. The van der Waals surface area contributed by atoms with E-state index in [9.17, 15) is 33.9 Å². The van der Waals surface area contributed by atoms with Crippen molar-refractivity contribution in [3.05, 3.63) is 34.5 Å². The van der Waals surface area contributed by atoms with Crippen LogP contribution < -0.4 is 10.7 Å². The van der Waals surface area contributed by atoms with Gasteiger partial charge in [0.2, 0.25) is 5.91 Å². The third-order valence-corrected chi connectivity index (χ3v) is 4.87. The van der Waals surface area contributed by atoms with E-state index in [1.165, 1.54) is 18.2 Å². The maximum absolute atomic E-state index is 13.3. The molecule has 0 radical (unpaired) electrons. The number of esters is 2. The number of aldehydes is 1. The molecule has 1 amide bonds. The lowest BCUT2D eigenvalue weighted by Crippen LogP contribution is -2.48. The fourth-order valence-electron chi connectivity index (χ4n) is 3.26. The first-order valence-electron chi connectivity index (χ1n) is 11.0. The molecular formula is C23H27N3O10. The Bertz CT molecular complexity index is 1180. The maximum atomic E-state index is 13.3. The molecule has 0 aliphatic heterocycles. The summed E-state index contributed by atoms with van der Waals surface area (Å²) in [6, 6.07) is 4.17. The van der Waals surface area contributed by atoms with Gasteiger partial charge >= 0.3 is 17.9 Å². The van der Waals surface area contributed by atoms with Gasteiger partial charge in [0.05, 0.1) is 18.7 Å². The van der Waals surface area contributed by atoms with Crippen molar-refractivity contribution in [2.24, 2.45) is 0 Å². The number of fused-ring (bicyclic) bond motifs is 1. The molecule has 0 unspecified atom stereocenters. The largest absolute Gasteiger partial charge is 0.506 e. The molecule has 194 valence electrons. The van der Waals surface area contributed by atoms with E-state index in [1.807, 2.05) is 0 Å². The van der Waals surface area contributed by atoms with Crippen LogP contribution in [-0.4, -0.2) is 82.5 Å². The second-order valence-corrected chi connectivity index (χ2v) is 7.55. The van der Waals surface area contributed by atoms with Crippen molar-refractivity contribution in [2.45, 2.75) is 32.2 Å². The van der Waals surface area contributed by atoms with Crippen LogP contribution in [0.25, 0.3) is 10.9 Å². The summed E-state index contributed by atoms with van der Waals surface area (Å²) in [5.41, 5.74) is -0.382. The lowest BCUT2D eigenvalue weighted by molar-refractivity contribution is -0.154. The first-order valence-corrected chi connectivity index (χ1v) is 11.0. The minimum atomic E-state index is -1.29. The summed E-state index contributed by atoms with van der Waals surface area (Å²) < 4.78 is 9.73. The summed E-state index contributed by atoms with van der Waals surface area (Å²) in [5.74, 6) is -3.96. The second-order valence-electron chi connectivity index (χ2n) is 7.55. The van der Waals surface area contributed by atoms with Crippen LogP contribution in [0.1, 0.15) is 26.2 Å². The fourth-order valence-corrected chi connectivity index (χ4v) is 3.26. The van der Waals surface area contributed by atoms with Gasteiger partial charge in [0.15, 0.2) is 5.43 Å². The van der Waals surface area contributed by atoms with E-state index in [0.29, 0.717) is 6.29 Å². The van der Waals surface area contributed by atoms with Gasteiger partial charge in [-0.3, -0.25) is 24.0 Å². The lowest BCUT2D eigenvalue weighted by Gasteiger charge is -2.27. The number of anilines is 1. The van der Waals surface area contributed by atoms with Crippen LogP contribution in [0.4, 0.5) is 5.82 Å². The Labute approximate surface area is 205 Å². The van der Waals surface area contributed by atoms with Crippen LogP contribution in [0, 0.1) is 0 Å². The number of benzene rings is 1. The number of aromatic amines is 1. The zero-order chi connectivity index (χ0) is 26.7. The van der Waals surface area contributed by atoms with Gasteiger partial charge in [-0.05, 0) is 25.5 Å². The number of H-pyrrole nitrogens is 1. The van der Waals surface area contributed by atoms with Gasteiger partial charge in [-0.1, -0.05) is 6.07 Å². The number of nitrogens with one attached hydrogen (secondary N) is 2. The quantitative estimate of drug-likeness (QED) is 0.158. The summed E-state index contributed by atoms with van der Waals surface area (Å²) in [4.78, 5) is 75.3. The molecule has 0 aliphatic carbocycles. The number of aromatic nitrogens is 1. The number of rotatable bonds is 14. The molecule has 0 spiro atoms. The first kappa shape index (κ1) is 27.8. The Morgan fingerprint density at radius 3 is 2.50 bits per heavy atom. The Hall–Kier alpha value is -4.42. The number of amides is 1. The Morgan fingerprint density at radius 2 is 1.86 bits per heavy atom. The van der Waals surface area contributed by atoms with Crippen molar-refractivity contribution < 1.29 is 43.7 Å². The van der Waals surface area contributed by atoms with Gasteiger partial charge in [0.1, 0.15) is 37.0 Å². The highest BCUT2D eigenvalue weighted by molar-refractivity contribution is 5.91. The summed E-state index contributed by atoms with van der Waals surface area (Å²) in [5, 5.41) is 22.1. The van der Waals surface area contributed by atoms with Gasteiger partial charge in [-0.15, -0.1) is 0 Å². The number of nitrogens with zero attached hydrogens (tertiary/aromatic N) is 1. The molecule has 0 saturated carbocycles. The Balaban J connectivity index is 2.35. The molecule has 13 nitrogen and oxygen atoms in total. The third-order valence-electron chi connectivity index (χ3n) is 4.87. The fraction of sp³-hybridized carbons (Fsp3) is 0.391. The Kier molecular flexibility index (Phi) is 10.4. The molecule has 1 heterocycles. The van der Waals surface area contributed by atoms with Crippen LogP contribution in [0.15, 0.2) is 29.1 Å². The second kappa shape index (κ2) is 13.5. The highest BCUT2D eigenvalue weighted by atomic mass is 16.5. The normalized spacial score (nSPS) is 11.4. The number of carbonyl (C=O) groups is 5. The number of hydrogen-bond acceptors (Lipinski definition) is 10. The van der Waals surface area contributed by atoms with Gasteiger partial charge in [-0.2, -0.15) is 0 Å². The van der Waals surface area contributed by atoms with E-state index in [2.05, 4.69) is 10.3 Å². The third kappa shape index (κ3) is 8.11. The smallest absolute Gasteiger partial charge is 0.325 e. The zero-order valence-corrected chi connectivity index (χ0v) is 19.5. The van der Waals surface area contributed by atoms with Crippen LogP contribution in [0.3, 0.4) is 0 Å². The molecule has 0 fully saturated rings. The first-order chi connectivity index (χ1) is 17.2. The molecule has 13 heteroatoms. The molecular weight excluding hydrogens is 478 g/mol. The molecule has 1 atom stereocenters. The predicted octanol–water partition coefficient (Wildman–Crippen LogP) is 0.403. The Morgan fingerprint density at radius 1 is 1.17 bits per heavy atom. The van der Waals surface area contributed by atoms with E-state index >= 15 is 0 Å². The number of carboxylic acid groups (broad SMARTS) is 1. The van der Waals surface area contributed by atoms with E-state index in [-0.39, 0.29) is 48.5 Å². The number of aliphatic carboxylic acids is 1. The summed E-state index contributed by atoms with van der Waals surface area (Å²) in [7, 11) is 0. The van der Waals surface area contributed by atoms with E-state index < -0.39 is 54.8 Å². The van der Waals surface area contributed by atoms with Gasteiger partial charge in [0.25, 0.3) is 0 Å². The number of carbonyl (C=O) groups excluding carboxylic acids is 4. The number of pyridine rings is 1. The van der Waals surface area contributed by atoms with Crippen LogP contribution in [0.2, 0.25) is 0 Å². The minimum absolute atomic E-state index is 0.00221. The van der Waals surface area contributed by atoms with E-state index in [4.69, 9.17) is 14.6 Å². The van der Waals surface area contributed by atoms with Crippen molar-refractivity contribution in [2.75, 3.05) is 31.6 Å². The van der Waals surface area contributed by atoms with Crippen LogP contribution in [-0.2, 0) is 33.4 Å². The predicted molar refractivity (Wildman–Crippen MR) is 125 cm³/mol. The van der Waals surface area contributed by atoms with Crippen LogP contribution >= 0.6 is 0 Å². The molecule has 0 bridgehead atoms. The average Bonchev–Trinajstić information content (AvgIpc) is 2.82. The lowest BCUT2D eigenvalue weighted by atomic mass is 10.1. The number of para-hydroxylation sites is 1. The van der Waals surface area contributed by atoms with Crippen LogP contribution in [0.5, 0.6) is 5.75 Å². The van der Waals surface area contributed by atoms with Crippen molar-refractivity contribution in [3.63, 3.8) is 0 Å². The monoisotopic (exact) mass is 505 g/mol. The number of ether oxygens (including phenoxy) is 2. The minimum Gasteiger partial charge on any atom is -0.506 e. The van der Waals surface area contributed by atoms with Crippen molar-refractivity contribution in [1.82, 2.24) is 9.88 Å². The molecule has 1 aromatic carbocycles. The highest BCUT2D eigenvalue weighted by Crippen LogP contribution is 2.22. The van der Waals surface area contributed by atoms with Crippen molar-refractivity contribution in [3.8, 4) is 5.75 Å². The van der Waals surface area contributed by atoms with Crippen molar-refractivity contribution >= 4 is 46.8 Å². The molecule has 2 rings (SSSR count). The number of carboxylic acids is 1. The van der Waals surface area contributed by atoms with Gasteiger partial charge in [0, 0.05) is 24.3 Å². The molecule has 0 saturated heterocycles. The number of phenols is 1. The average molecular weight is 505 g/mol. The molecule has 4 N–H and O–H groups in total. The summed E-state index contributed by atoms with van der Waals surface area (Å²) >= 11 is 0. The number of aromatic hydroxyl groups is 1. The summed E-state index contributed by atoms with van der Waals surface area (Å²) in [6.45, 7) is 0.0619. The van der Waals surface area contributed by atoms with Gasteiger partial charge in [-0.25, -0.2) is 0 Å². The maximum Gasteiger partial charge on any atom is 0.325 e. The number of hydrogen-bond donors (Lipinski definition) is 4. The van der Waals surface area contributed by atoms with Gasteiger partial charge < -0.3 is 39.7 Å². The van der Waals surface area contributed by atoms with E-state index in [1.54, 1.807) is 6.92 Å². The van der Waals surface area contributed by atoms with Crippen molar-refractivity contribution in [1.29, 1.82) is 0 Å². The molecule has 2 aromatic rings. The zero-order valence-electron chi connectivity index (χ0n) is 19.5. The van der Waals surface area contributed by atoms with E-state index in [0.717, 1.165) is 11.0 Å².